The molecule has 2 heterocycles. The van der Waals surface area contributed by atoms with E-state index in [9.17, 15) is 14.0 Å². The number of thiophene rings is 1. The number of amides is 2. The van der Waals surface area contributed by atoms with Crippen molar-refractivity contribution < 1.29 is 18.7 Å². The second-order valence-electron chi connectivity index (χ2n) is 6.81. The van der Waals surface area contributed by atoms with Crippen LogP contribution in [0.5, 0.6) is 5.75 Å². The van der Waals surface area contributed by atoms with Crippen LogP contribution in [0.25, 0.3) is 10.1 Å². The molecule has 0 saturated carbocycles. The molecular weight excluding hydrogens is 497 g/mol. The van der Waals surface area contributed by atoms with Crippen LogP contribution in [0.4, 0.5) is 9.39 Å². The predicted octanol–water partition coefficient (Wildman–Crippen LogP) is 5.39. The number of nitrogens with one attached hydrogen (secondary N) is 2. The van der Waals surface area contributed by atoms with E-state index in [0.717, 1.165) is 15.6 Å². The van der Waals surface area contributed by atoms with Crippen LogP contribution in [-0.2, 0) is 6.61 Å². The number of carbonyl (C=O) groups excluding carboxylic acids is 2. The predicted molar refractivity (Wildman–Crippen MR) is 126 cm³/mol. The Hall–Kier alpha value is -3.30. The van der Waals surface area contributed by atoms with Gasteiger partial charge in [0.25, 0.3) is 11.8 Å². The molecule has 0 fully saturated rings. The van der Waals surface area contributed by atoms with Gasteiger partial charge in [-0.1, -0.05) is 0 Å². The van der Waals surface area contributed by atoms with Crippen molar-refractivity contribution in [2.75, 3.05) is 12.4 Å². The highest BCUT2D eigenvalue weighted by molar-refractivity contribution is 9.10. The number of rotatable bonds is 6. The number of carbonyl (C=O) groups is 2. The van der Waals surface area contributed by atoms with Crippen molar-refractivity contribution in [1.82, 2.24) is 10.3 Å². The molecule has 0 aliphatic carbocycles. The number of ether oxygens (including phenoxy) is 1. The van der Waals surface area contributed by atoms with Crippen molar-refractivity contribution >= 4 is 54.2 Å². The zero-order valence-electron chi connectivity index (χ0n) is 16.8. The zero-order chi connectivity index (χ0) is 22.7. The quantitative estimate of drug-likeness (QED) is 0.362. The number of hydrogen-bond donors (Lipinski definition) is 2. The molecule has 4 rings (SSSR count). The van der Waals surface area contributed by atoms with Crippen molar-refractivity contribution in [1.29, 1.82) is 0 Å². The molecule has 2 aromatic heterocycles. The summed E-state index contributed by atoms with van der Waals surface area (Å²) in [5.74, 6) is -0.338. The second-order valence-corrected chi connectivity index (χ2v) is 8.74. The van der Waals surface area contributed by atoms with Crippen LogP contribution >= 0.6 is 27.3 Å². The van der Waals surface area contributed by atoms with Gasteiger partial charge in [-0.3, -0.25) is 14.6 Å². The first-order chi connectivity index (χ1) is 15.4. The molecule has 0 aliphatic heterocycles. The lowest BCUT2D eigenvalue weighted by atomic mass is 10.2. The molecule has 0 atom stereocenters. The van der Waals surface area contributed by atoms with E-state index < -0.39 is 5.82 Å². The smallest absolute Gasteiger partial charge is 0.269 e. The summed E-state index contributed by atoms with van der Waals surface area (Å²) in [6, 6.07) is 14.9. The Bertz CT molecular complexity index is 1330. The lowest BCUT2D eigenvalue weighted by Gasteiger charge is -2.07. The van der Waals surface area contributed by atoms with E-state index in [1.54, 1.807) is 25.4 Å². The Labute approximate surface area is 195 Å². The molecule has 162 valence electrons. The molecule has 0 spiro atoms. The normalized spacial score (nSPS) is 10.7. The molecule has 0 bridgehead atoms. The van der Waals surface area contributed by atoms with Gasteiger partial charge in [-0.05, 0) is 81.5 Å². The SMILES string of the molecule is CNC(=O)c1cc(COc2ccc3cc(NC(=O)c4ccc(F)cc4Br)sc3c2)ccn1. The second kappa shape index (κ2) is 9.46. The summed E-state index contributed by atoms with van der Waals surface area (Å²) < 4.78 is 20.5. The van der Waals surface area contributed by atoms with Crippen molar-refractivity contribution in [3.05, 3.63) is 87.9 Å². The van der Waals surface area contributed by atoms with Crippen LogP contribution in [0.15, 0.2) is 65.3 Å². The number of fused-ring (bicyclic) bond motifs is 1. The summed E-state index contributed by atoms with van der Waals surface area (Å²) in [7, 11) is 1.55. The highest BCUT2D eigenvalue weighted by Gasteiger charge is 2.13. The summed E-state index contributed by atoms with van der Waals surface area (Å²) >= 11 is 4.63. The van der Waals surface area contributed by atoms with Gasteiger partial charge < -0.3 is 15.4 Å². The lowest BCUT2D eigenvalue weighted by molar-refractivity contribution is 0.0957. The summed E-state index contributed by atoms with van der Waals surface area (Å²) in [6.07, 6.45) is 1.57. The van der Waals surface area contributed by atoms with Gasteiger partial charge in [0.05, 0.1) is 10.6 Å². The fraction of sp³-hybridized carbons (Fsp3) is 0.0870. The number of nitrogens with zero attached hydrogens (tertiary/aromatic N) is 1. The summed E-state index contributed by atoms with van der Waals surface area (Å²) in [4.78, 5) is 28.3. The maximum atomic E-state index is 13.3. The van der Waals surface area contributed by atoms with Crippen molar-refractivity contribution in [3.8, 4) is 5.75 Å². The molecule has 4 aromatic rings. The van der Waals surface area contributed by atoms with Gasteiger partial charge in [0.15, 0.2) is 0 Å². The fourth-order valence-electron chi connectivity index (χ4n) is 3.00. The largest absolute Gasteiger partial charge is 0.489 e. The molecule has 6 nitrogen and oxygen atoms in total. The van der Waals surface area contributed by atoms with E-state index in [4.69, 9.17) is 4.74 Å². The summed E-state index contributed by atoms with van der Waals surface area (Å²) in [5.41, 5.74) is 1.50. The highest BCUT2D eigenvalue weighted by atomic mass is 79.9. The molecule has 0 unspecified atom stereocenters. The first-order valence-corrected chi connectivity index (χ1v) is 11.1. The van der Waals surface area contributed by atoms with Crippen molar-refractivity contribution in [2.45, 2.75) is 6.61 Å². The Morgan fingerprint density at radius 3 is 2.72 bits per heavy atom. The van der Waals surface area contributed by atoms with E-state index in [0.29, 0.717) is 26.5 Å². The third kappa shape index (κ3) is 4.95. The van der Waals surface area contributed by atoms with E-state index in [2.05, 4.69) is 31.5 Å². The number of anilines is 1. The maximum Gasteiger partial charge on any atom is 0.269 e. The molecular formula is C23H17BrFN3O3S. The summed E-state index contributed by atoms with van der Waals surface area (Å²) in [5, 5.41) is 7.02. The van der Waals surface area contributed by atoms with Crippen LogP contribution in [0.3, 0.4) is 0 Å². The number of pyridine rings is 1. The Kier molecular flexibility index (Phi) is 6.48. The average Bonchev–Trinajstić information content (AvgIpc) is 3.18. The molecule has 0 saturated heterocycles. The first-order valence-electron chi connectivity index (χ1n) is 9.53. The topological polar surface area (TPSA) is 80.3 Å². The van der Waals surface area contributed by atoms with Crippen molar-refractivity contribution in [2.24, 2.45) is 0 Å². The van der Waals surface area contributed by atoms with Gasteiger partial charge in [-0.15, -0.1) is 11.3 Å². The van der Waals surface area contributed by atoms with Gasteiger partial charge >= 0.3 is 0 Å². The fourth-order valence-corrected chi connectivity index (χ4v) is 4.52. The van der Waals surface area contributed by atoms with Gasteiger partial charge in [0.1, 0.15) is 23.9 Å². The van der Waals surface area contributed by atoms with Crippen LogP contribution in [0.2, 0.25) is 0 Å². The maximum absolute atomic E-state index is 13.3. The third-order valence-electron chi connectivity index (χ3n) is 4.59. The summed E-state index contributed by atoms with van der Waals surface area (Å²) in [6.45, 7) is 0.283. The molecule has 0 radical (unpaired) electrons. The van der Waals surface area contributed by atoms with Crippen molar-refractivity contribution in [3.63, 3.8) is 0 Å². The zero-order valence-corrected chi connectivity index (χ0v) is 19.2. The van der Waals surface area contributed by atoms with Crippen LogP contribution in [-0.4, -0.2) is 23.8 Å². The molecule has 9 heteroatoms. The van der Waals surface area contributed by atoms with Gasteiger partial charge in [0.2, 0.25) is 0 Å². The molecule has 2 aromatic carbocycles. The van der Waals surface area contributed by atoms with Gasteiger partial charge in [-0.25, -0.2) is 4.39 Å². The first kappa shape index (κ1) is 21.9. The standard InChI is InChI=1S/C23H17BrFN3O3S/c1-26-23(30)19-8-13(6-7-27-19)12-31-16-4-2-14-9-21(32-20(14)11-16)28-22(29)17-5-3-15(25)10-18(17)24/h2-11H,12H2,1H3,(H,26,30)(H,28,29). The monoisotopic (exact) mass is 513 g/mol. The molecule has 0 aliphatic rings. The number of hydrogen-bond acceptors (Lipinski definition) is 5. The van der Waals surface area contributed by atoms with Crippen LogP contribution in [0, 0.1) is 5.82 Å². The highest BCUT2D eigenvalue weighted by Crippen LogP contribution is 2.33. The van der Waals surface area contributed by atoms with Gasteiger partial charge in [-0.2, -0.15) is 0 Å². The Morgan fingerprint density at radius 1 is 1.09 bits per heavy atom. The lowest BCUT2D eigenvalue weighted by Crippen LogP contribution is -2.19. The van der Waals surface area contributed by atoms with Gasteiger partial charge in [0, 0.05) is 22.4 Å². The molecule has 2 amide bonds. The number of aromatic nitrogens is 1. The average molecular weight is 514 g/mol. The Balaban J connectivity index is 1.46. The third-order valence-corrected chi connectivity index (χ3v) is 6.26. The van der Waals surface area contributed by atoms with E-state index >= 15 is 0 Å². The van der Waals surface area contributed by atoms with E-state index in [1.165, 1.54) is 29.5 Å². The minimum atomic E-state index is -0.417. The number of halogens is 2. The van der Waals surface area contributed by atoms with Crippen LogP contribution < -0.4 is 15.4 Å². The minimum Gasteiger partial charge on any atom is -0.489 e. The van der Waals surface area contributed by atoms with Crippen LogP contribution in [0.1, 0.15) is 26.4 Å². The Morgan fingerprint density at radius 2 is 1.94 bits per heavy atom. The minimum absolute atomic E-state index is 0.255. The number of benzene rings is 2. The molecule has 32 heavy (non-hydrogen) atoms. The molecule has 2 N–H and O–H groups in total. The van der Waals surface area contributed by atoms with E-state index in [1.807, 2.05) is 24.3 Å². The van der Waals surface area contributed by atoms with E-state index in [-0.39, 0.29) is 18.4 Å².